The fourth-order valence-electron chi connectivity index (χ4n) is 4.00. The zero-order chi connectivity index (χ0) is 18.1. The van der Waals surface area contributed by atoms with Crippen LogP contribution < -0.4 is 0 Å². The molecule has 0 N–H and O–H groups in total. The maximum Gasteiger partial charge on any atom is 0.389 e. The Bertz CT molecular complexity index is 930. The predicted molar refractivity (Wildman–Crippen MR) is 98.5 cm³/mol. The number of ether oxygens (including phenoxy) is 1. The van der Waals surface area contributed by atoms with Crippen molar-refractivity contribution >= 4 is 21.5 Å². The third-order valence-corrected chi connectivity index (χ3v) is 5.26. The molecule has 1 aliphatic rings. The van der Waals surface area contributed by atoms with Gasteiger partial charge in [0, 0.05) is 13.0 Å². The van der Waals surface area contributed by atoms with Crippen LogP contribution in [0.1, 0.15) is 30.4 Å². The first kappa shape index (κ1) is 17.3. The second kappa shape index (κ2) is 6.92. The van der Waals surface area contributed by atoms with Crippen LogP contribution >= 0.6 is 0 Å². The number of hydrogen-bond donors (Lipinski definition) is 0. The summed E-state index contributed by atoms with van der Waals surface area (Å²) in [6.45, 7) is 0.178. The molecule has 1 unspecified atom stereocenters. The van der Waals surface area contributed by atoms with E-state index in [9.17, 15) is 13.2 Å². The molecule has 136 valence electrons. The van der Waals surface area contributed by atoms with Gasteiger partial charge in [-0.05, 0) is 58.4 Å². The summed E-state index contributed by atoms with van der Waals surface area (Å²) in [5, 5.41) is 5.06. The normalized spacial score (nSPS) is 17.6. The highest BCUT2D eigenvalue weighted by molar-refractivity contribution is 6.08. The molecule has 0 spiro atoms. The Labute approximate surface area is 150 Å². The Morgan fingerprint density at radius 3 is 2.58 bits per heavy atom. The zero-order valence-corrected chi connectivity index (χ0v) is 14.5. The van der Waals surface area contributed by atoms with E-state index in [1.165, 1.54) is 32.7 Å². The summed E-state index contributed by atoms with van der Waals surface area (Å²) in [4.78, 5) is 0. The molecule has 4 heteroatoms. The summed E-state index contributed by atoms with van der Waals surface area (Å²) in [6.07, 6.45) is -2.24. The number of fused-ring (bicyclic) bond motifs is 5. The van der Waals surface area contributed by atoms with E-state index in [4.69, 9.17) is 4.74 Å². The van der Waals surface area contributed by atoms with Crippen molar-refractivity contribution in [1.82, 2.24) is 0 Å². The maximum atomic E-state index is 12.2. The highest BCUT2D eigenvalue weighted by Crippen LogP contribution is 2.34. The molecule has 0 saturated carbocycles. The Balaban J connectivity index is 1.51. The molecule has 0 amide bonds. The van der Waals surface area contributed by atoms with Gasteiger partial charge in [-0.25, -0.2) is 0 Å². The van der Waals surface area contributed by atoms with Gasteiger partial charge >= 0.3 is 6.18 Å². The molecule has 4 rings (SSSR count). The molecule has 1 aliphatic carbocycles. The number of aryl methyl sites for hydroxylation is 1. The molecule has 0 fully saturated rings. The molecule has 0 saturated heterocycles. The maximum absolute atomic E-state index is 12.2. The number of rotatable bonds is 4. The van der Waals surface area contributed by atoms with E-state index in [1.807, 2.05) is 6.07 Å². The van der Waals surface area contributed by atoms with E-state index in [2.05, 4.69) is 42.5 Å². The first-order valence-electron chi connectivity index (χ1n) is 9.12. The van der Waals surface area contributed by atoms with Crippen molar-refractivity contribution < 1.29 is 17.9 Å². The van der Waals surface area contributed by atoms with Crippen LogP contribution in [0.25, 0.3) is 21.5 Å². The van der Waals surface area contributed by atoms with Crippen LogP contribution in [0, 0.1) is 0 Å². The minimum absolute atomic E-state index is 0.0219. The Morgan fingerprint density at radius 2 is 1.73 bits per heavy atom. The lowest BCUT2D eigenvalue weighted by Crippen LogP contribution is -2.23. The van der Waals surface area contributed by atoms with E-state index in [1.54, 1.807) is 0 Å². The lowest BCUT2D eigenvalue weighted by atomic mass is 9.85. The van der Waals surface area contributed by atoms with Crippen molar-refractivity contribution in [3.05, 3.63) is 59.7 Å². The van der Waals surface area contributed by atoms with E-state index < -0.39 is 12.6 Å². The Hall–Kier alpha value is -2.07. The van der Waals surface area contributed by atoms with E-state index in [0.29, 0.717) is 0 Å². The van der Waals surface area contributed by atoms with Crippen molar-refractivity contribution in [3.8, 4) is 0 Å². The summed E-state index contributed by atoms with van der Waals surface area (Å²) in [5.74, 6) is 0. The van der Waals surface area contributed by atoms with Crippen LogP contribution in [-0.2, 0) is 17.6 Å². The minimum Gasteiger partial charge on any atom is -0.378 e. The van der Waals surface area contributed by atoms with Crippen LogP contribution in [0.4, 0.5) is 13.2 Å². The van der Waals surface area contributed by atoms with Crippen LogP contribution in [0.5, 0.6) is 0 Å². The fraction of sp³-hybridized carbons (Fsp3) is 0.364. The van der Waals surface area contributed by atoms with Crippen molar-refractivity contribution in [2.75, 3.05) is 6.61 Å². The van der Waals surface area contributed by atoms with Crippen molar-refractivity contribution in [2.45, 2.75) is 44.4 Å². The molecule has 0 aromatic heterocycles. The standard InChI is InChI=1S/C22H21F3O/c23-22(24,25)12-3-13-26-17-8-11-19-16(14-17)7-10-20-18-5-2-1-4-15(18)6-9-21(19)20/h1-2,4-7,9-10,17H,3,8,11-14H2. The summed E-state index contributed by atoms with van der Waals surface area (Å²) in [5.41, 5.74) is 2.63. The second-order valence-electron chi connectivity index (χ2n) is 7.04. The first-order valence-corrected chi connectivity index (χ1v) is 9.12. The van der Waals surface area contributed by atoms with Crippen LogP contribution in [0.15, 0.2) is 48.5 Å². The molecule has 0 aliphatic heterocycles. The molecule has 0 bridgehead atoms. The quantitative estimate of drug-likeness (QED) is 0.398. The highest BCUT2D eigenvalue weighted by Gasteiger charge is 2.27. The van der Waals surface area contributed by atoms with Crippen LogP contribution in [0.2, 0.25) is 0 Å². The SMILES string of the molecule is FC(F)(F)CCCOC1CCc2c(ccc3c2ccc2ccccc23)C1. The molecule has 1 nitrogen and oxygen atoms in total. The lowest BCUT2D eigenvalue weighted by Gasteiger charge is -2.26. The summed E-state index contributed by atoms with van der Waals surface area (Å²) >= 11 is 0. The fourth-order valence-corrected chi connectivity index (χ4v) is 4.00. The molecule has 0 heterocycles. The number of hydrogen-bond acceptors (Lipinski definition) is 1. The van der Waals surface area contributed by atoms with Crippen LogP contribution in [0.3, 0.4) is 0 Å². The average molecular weight is 358 g/mol. The van der Waals surface area contributed by atoms with Gasteiger partial charge in [0.1, 0.15) is 0 Å². The number of halogens is 3. The summed E-state index contributed by atoms with van der Waals surface area (Å²) in [7, 11) is 0. The molecule has 0 radical (unpaired) electrons. The molecular weight excluding hydrogens is 337 g/mol. The van der Waals surface area contributed by atoms with Crippen LogP contribution in [-0.4, -0.2) is 18.9 Å². The first-order chi connectivity index (χ1) is 12.5. The number of benzene rings is 3. The third-order valence-electron chi connectivity index (χ3n) is 5.26. The van der Waals surface area contributed by atoms with E-state index in [0.717, 1.165) is 19.3 Å². The third kappa shape index (κ3) is 3.56. The Kier molecular flexibility index (Phi) is 4.62. The van der Waals surface area contributed by atoms with Gasteiger partial charge in [-0.3, -0.25) is 0 Å². The van der Waals surface area contributed by atoms with E-state index >= 15 is 0 Å². The van der Waals surface area contributed by atoms with Gasteiger partial charge in [-0.2, -0.15) is 13.2 Å². The van der Waals surface area contributed by atoms with Gasteiger partial charge in [0.2, 0.25) is 0 Å². The predicted octanol–water partition coefficient (Wildman–Crippen LogP) is 6.21. The average Bonchev–Trinajstić information content (AvgIpc) is 2.63. The Morgan fingerprint density at radius 1 is 0.923 bits per heavy atom. The smallest absolute Gasteiger partial charge is 0.378 e. The second-order valence-corrected chi connectivity index (χ2v) is 7.04. The van der Waals surface area contributed by atoms with Crippen molar-refractivity contribution in [1.29, 1.82) is 0 Å². The van der Waals surface area contributed by atoms with Gasteiger partial charge in [0.15, 0.2) is 0 Å². The van der Waals surface area contributed by atoms with Gasteiger partial charge in [0.25, 0.3) is 0 Å². The highest BCUT2D eigenvalue weighted by atomic mass is 19.4. The van der Waals surface area contributed by atoms with Gasteiger partial charge in [0.05, 0.1) is 6.10 Å². The number of alkyl halides is 3. The van der Waals surface area contributed by atoms with Gasteiger partial charge < -0.3 is 4.74 Å². The molecule has 3 aromatic rings. The summed E-state index contributed by atoms with van der Waals surface area (Å²) < 4.78 is 42.4. The van der Waals surface area contributed by atoms with Gasteiger partial charge in [-0.15, -0.1) is 0 Å². The van der Waals surface area contributed by atoms with E-state index in [-0.39, 0.29) is 19.1 Å². The molecule has 3 aromatic carbocycles. The summed E-state index contributed by atoms with van der Waals surface area (Å²) in [6, 6.07) is 17.1. The van der Waals surface area contributed by atoms with Crippen molar-refractivity contribution in [3.63, 3.8) is 0 Å². The molecule has 1 atom stereocenters. The molecule has 26 heavy (non-hydrogen) atoms. The monoisotopic (exact) mass is 358 g/mol. The minimum atomic E-state index is -4.09. The lowest BCUT2D eigenvalue weighted by molar-refractivity contribution is -0.139. The topological polar surface area (TPSA) is 9.23 Å². The van der Waals surface area contributed by atoms with Gasteiger partial charge in [-0.1, -0.05) is 48.5 Å². The molecular formula is C22H21F3O. The largest absolute Gasteiger partial charge is 0.389 e. The zero-order valence-electron chi connectivity index (χ0n) is 14.5. The van der Waals surface area contributed by atoms with Crippen molar-refractivity contribution in [2.24, 2.45) is 0 Å².